The Balaban J connectivity index is 0.000000677. The molecule has 56 heavy (non-hydrogen) atoms. The van der Waals surface area contributed by atoms with Gasteiger partial charge >= 0.3 is 27.1 Å². The van der Waals surface area contributed by atoms with Crippen LogP contribution in [0.15, 0.2) is 89.7 Å². The third kappa shape index (κ3) is 8.24. The van der Waals surface area contributed by atoms with Crippen molar-refractivity contribution in [3.8, 4) is 11.5 Å². The Morgan fingerprint density at radius 1 is 0.946 bits per heavy atom. The molecule has 3 aliphatic rings. The number of hydrogen-bond donors (Lipinski definition) is 0. The van der Waals surface area contributed by atoms with E-state index in [0.29, 0.717) is 35.3 Å². The van der Waals surface area contributed by atoms with Gasteiger partial charge in [-0.3, -0.25) is 0 Å². The van der Waals surface area contributed by atoms with E-state index >= 15 is 0 Å². The number of carbonyl (C=O) groups is 1. The summed E-state index contributed by atoms with van der Waals surface area (Å²) in [5.41, 5.74) is -4.97. The quantitative estimate of drug-likeness (QED) is 0.0571. The molecule has 3 aromatic carbocycles. The van der Waals surface area contributed by atoms with E-state index in [9.17, 15) is 39.6 Å². The number of esters is 1. The summed E-state index contributed by atoms with van der Waals surface area (Å²) in [6.07, 6.45) is 5.96. The number of allylic oxidation sites excluding steroid dienone is 4. The highest BCUT2D eigenvalue weighted by molar-refractivity contribution is 7.88. The van der Waals surface area contributed by atoms with Crippen molar-refractivity contribution < 1.29 is 70.8 Å². The number of nitrogens with zero attached hydrogens (tertiary/aromatic N) is 1. The fourth-order valence-electron chi connectivity index (χ4n) is 6.59. The summed E-state index contributed by atoms with van der Waals surface area (Å²) in [5.74, 6) is -0.821. The van der Waals surface area contributed by atoms with Crippen LogP contribution in [0.25, 0.3) is 5.57 Å². The van der Waals surface area contributed by atoms with E-state index in [1.165, 1.54) is 11.6 Å². The van der Waals surface area contributed by atoms with Crippen molar-refractivity contribution in [2.45, 2.75) is 56.5 Å². The highest BCUT2D eigenvalue weighted by Crippen LogP contribution is 2.50. The zero-order valence-corrected chi connectivity index (χ0v) is 32.2. The van der Waals surface area contributed by atoms with Gasteiger partial charge in [-0.1, -0.05) is 48.0 Å². The van der Waals surface area contributed by atoms with E-state index in [4.69, 9.17) is 34.0 Å². The maximum Gasteiger partial charge on any atom is 0.534 e. The molecule has 3 aromatic rings. The molecule has 0 aromatic heterocycles. The number of hydrogen-bond acceptors (Lipinski definition) is 9. The average Bonchev–Trinajstić information content (AvgIpc) is 3.29. The number of ether oxygens (including phenoxy) is 2. The van der Waals surface area contributed by atoms with Crippen LogP contribution in [-0.2, 0) is 30.4 Å². The van der Waals surface area contributed by atoms with Gasteiger partial charge in [-0.2, -0.15) is 39.3 Å². The maximum absolute atomic E-state index is 13.3. The molecule has 0 spiro atoms. The first-order valence-electron chi connectivity index (χ1n) is 16.6. The Kier molecular flexibility index (Phi) is 11.7. The van der Waals surface area contributed by atoms with Crippen molar-refractivity contribution >= 4 is 54.8 Å². The molecule has 0 saturated heterocycles. The van der Waals surface area contributed by atoms with Crippen LogP contribution in [0.1, 0.15) is 67.1 Å². The van der Waals surface area contributed by atoms with Crippen LogP contribution in [-0.4, -0.2) is 62.3 Å². The fourth-order valence-corrected chi connectivity index (χ4v) is 7.31. The fraction of sp³-hybridized carbons (Fsp3) is 0.297. The van der Waals surface area contributed by atoms with Gasteiger partial charge < -0.3 is 18.2 Å². The summed E-state index contributed by atoms with van der Waals surface area (Å²) in [6.45, 7) is 6.14. The molecule has 6 rings (SSSR count). The zero-order chi connectivity index (χ0) is 41.6. The van der Waals surface area contributed by atoms with Gasteiger partial charge in [0.05, 0.1) is 22.6 Å². The Morgan fingerprint density at radius 3 is 2.18 bits per heavy atom. The van der Waals surface area contributed by atoms with E-state index in [2.05, 4.69) is 34.7 Å². The molecule has 0 radical (unpaired) electrons. The van der Waals surface area contributed by atoms with Gasteiger partial charge in [-0.15, -0.1) is 0 Å². The van der Waals surface area contributed by atoms with Crippen LogP contribution in [0, 0.1) is 0 Å². The lowest BCUT2D eigenvalue weighted by Gasteiger charge is -2.31. The van der Waals surface area contributed by atoms with Crippen LogP contribution in [0.3, 0.4) is 0 Å². The van der Waals surface area contributed by atoms with Gasteiger partial charge in [-0.25, -0.2) is 13.2 Å². The molecular weight excluding hydrogens is 816 g/mol. The lowest BCUT2D eigenvalue weighted by Crippen LogP contribution is -2.28. The number of alkyl halides is 6. The summed E-state index contributed by atoms with van der Waals surface area (Å²) >= 11 is 6.37. The van der Waals surface area contributed by atoms with Gasteiger partial charge in [0.2, 0.25) is 5.69 Å². The molecule has 0 saturated carbocycles. The van der Waals surface area contributed by atoms with Gasteiger partial charge in [0.1, 0.15) is 18.6 Å². The summed E-state index contributed by atoms with van der Waals surface area (Å²) in [4.78, 5) is 13.1. The highest BCUT2D eigenvalue weighted by Gasteiger charge is 2.49. The summed E-state index contributed by atoms with van der Waals surface area (Å²) in [6, 6.07) is 17.4. The van der Waals surface area contributed by atoms with Crippen molar-refractivity contribution in [3.05, 3.63) is 117 Å². The van der Waals surface area contributed by atoms with Crippen molar-refractivity contribution in [2.75, 3.05) is 13.7 Å². The predicted molar refractivity (Wildman–Crippen MR) is 192 cm³/mol. The summed E-state index contributed by atoms with van der Waals surface area (Å²) < 4.78 is 141. The Hall–Kier alpha value is -4.65. The molecule has 0 fully saturated rings. The molecule has 0 N–H and O–H groups in total. The molecule has 300 valence electrons. The lowest BCUT2D eigenvalue weighted by atomic mass is 9.80. The van der Waals surface area contributed by atoms with E-state index < -0.39 is 43.0 Å². The second kappa shape index (κ2) is 15.4. The highest BCUT2D eigenvalue weighted by atomic mass is 35.5. The second-order valence-corrected chi connectivity index (χ2v) is 16.3. The average molecular weight is 848 g/mol. The largest absolute Gasteiger partial charge is 0.741 e. The molecule has 19 heteroatoms. The van der Waals surface area contributed by atoms with Gasteiger partial charge in [0.15, 0.2) is 21.6 Å². The van der Waals surface area contributed by atoms with E-state index in [1.54, 1.807) is 31.2 Å². The number of carbonyl (C=O) groups excluding carboxylic acids is 1. The first kappa shape index (κ1) is 42.5. The Labute approximate surface area is 323 Å². The summed E-state index contributed by atoms with van der Waals surface area (Å²) in [7, 11) is -10.1. The lowest BCUT2D eigenvalue weighted by molar-refractivity contribution is -0.401. The summed E-state index contributed by atoms with van der Waals surface area (Å²) in [5, 5.41) is -0.386. The molecule has 0 unspecified atom stereocenters. The second-order valence-electron chi connectivity index (χ2n) is 13.0. The zero-order valence-electron chi connectivity index (χ0n) is 29.8. The van der Waals surface area contributed by atoms with Crippen LogP contribution in [0.5, 0.6) is 11.5 Å². The van der Waals surface area contributed by atoms with Crippen molar-refractivity contribution in [1.29, 1.82) is 0 Å². The Morgan fingerprint density at radius 2 is 1.57 bits per heavy atom. The van der Waals surface area contributed by atoms with E-state index in [-0.39, 0.29) is 28.4 Å². The number of benzene rings is 3. The van der Waals surface area contributed by atoms with Crippen LogP contribution < -0.4 is 8.92 Å². The number of para-hydroxylation sites is 1. The number of fused-ring (bicyclic) bond motifs is 3. The molecule has 1 aliphatic carbocycles. The van der Waals surface area contributed by atoms with Gasteiger partial charge in [-0.05, 0) is 69.4 Å². The minimum Gasteiger partial charge on any atom is -0.741 e. The van der Waals surface area contributed by atoms with Crippen molar-refractivity contribution in [3.63, 3.8) is 0 Å². The first-order chi connectivity index (χ1) is 25.9. The molecule has 2 aliphatic heterocycles. The molecule has 10 nitrogen and oxygen atoms in total. The molecule has 0 bridgehead atoms. The minimum atomic E-state index is -6.09. The maximum atomic E-state index is 13.3. The van der Waals surface area contributed by atoms with Gasteiger partial charge in [0.25, 0.3) is 0 Å². The number of rotatable bonds is 7. The van der Waals surface area contributed by atoms with Crippen LogP contribution in [0.4, 0.5) is 32.0 Å². The smallest absolute Gasteiger partial charge is 0.534 e. The SMILES string of the molecule is CCOC(=O)c1ccccc1C1=C2CCCC(C=CC3=[N+](C)c4ccccc4C3(C)C)=C2Oc2cc(OS(=O)(=O)C(F)(F)F)c(Cl)cc21.O=S(=O)([O-])C(F)(F)F. The third-order valence-corrected chi connectivity index (χ3v) is 10.9. The predicted octanol–water partition coefficient (Wildman–Crippen LogP) is 8.69. The van der Waals surface area contributed by atoms with Gasteiger partial charge in [0, 0.05) is 40.5 Å². The van der Waals surface area contributed by atoms with Crippen molar-refractivity contribution in [2.24, 2.45) is 0 Å². The Bertz CT molecular complexity index is 2450. The topological polar surface area (TPSA) is 139 Å². The van der Waals surface area contributed by atoms with Crippen LogP contribution >= 0.6 is 11.6 Å². The normalized spacial score (nSPS) is 16.8. The first-order valence-corrected chi connectivity index (χ1v) is 19.8. The van der Waals surface area contributed by atoms with E-state index in [0.717, 1.165) is 35.0 Å². The molecule has 0 amide bonds. The standard InChI is InChI=1S/C36H32ClF3NO6S.CHF3O3S/c1-5-45-34(42)23-13-7-6-12-22(23)32-24-14-10-11-21(17-18-31-35(2,3)26-15-8-9-16-28(26)41(31)4)33(24)46-29-20-30(27(37)19-25(29)32)47-48(43,44)36(38,39)40;2-1(3,4)8(5,6)7/h6-9,12-13,15-20H,5,10-11,14H2,1-4H3;(H,5,6,7)/q+1;/p-1. The molecular formula is C37H32ClF6NO9S2. The minimum absolute atomic E-state index is 0.0189. The third-order valence-electron chi connectivity index (χ3n) is 9.10. The molecule has 0 atom stereocenters. The molecule has 2 heterocycles. The van der Waals surface area contributed by atoms with Crippen LogP contribution in [0.2, 0.25) is 5.02 Å². The van der Waals surface area contributed by atoms with E-state index in [1.807, 2.05) is 31.3 Å². The monoisotopic (exact) mass is 847 g/mol. The number of halogens is 7. The van der Waals surface area contributed by atoms with Crippen molar-refractivity contribution in [1.82, 2.24) is 0 Å².